The van der Waals surface area contributed by atoms with Gasteiger partial charge in [-0.3, -0.25) is 4.68 Å². The summed E-state index contributed by atoms with van der Waals surface area (Å²) in [6.07, 6.45) is -3.05. The van der Waals surface area contributed by atoms with Gasteiger partial charge in [0, 0.05) is 30.9 Å². The van der Waals surface area contributed by atoms with Gasteiger partial charge >= 0.3 is 6.18 Å². The van der Waals surface area contributed by atoms with Crippen LogP contribution in [0, 0.1) is 12.7 Å². The van der Waals surface area contributed by atoms with Gasteiger partial charge < -0.3 is 5.32 Å². The first-order valence-electron chi connectivity index (χ1n) is 7.81. The minimum absolute atomic E-state index is 0.259. The van der Waals surface area contributed by atoms with Gasteiger partial charge in [0.15, 0.2) is 5.69 Å². The molecule has 0 bridgehead atoms. The number of pyridine rings is 1. The number of rotatable bonds is 4. The van der Waals surface area contributed by atoms with Crippen molar-refractivity contribution >= 4 is 5.82 Å². The Kier molecular flexibility index (Phi) is 4.67. The lowest BCUT2D eigenvalue weighted by atomic mass is 10.1. The molecule has 0 saturated heterocycles. The van der Waals surface area contributed by atoms with Crippen LogP contribution in [0.15, 0.2) is 42.6 Å². The van der Waals surface area contributed by atoms with Crippen LogP contribution in [0.2, 0.25) is 0 Å². The third-order valence-electron chi connectivity index (χ3n) is 4.03. The molecule has 1 aromatic carbocycles. The van der Waals surface area contributed by atoms with Crippen molar-refractivity contribution < 1.29 is 17.6 Å². The molecule has 3 rings (SSSR count). The van der Waals surface area contributed by atoms with E-state index in [0.717, 1.165) is 16.3 Å². The monoisotopic (exact) mass is 364 g/mol. The molecule has 4 nitrogen and oxygen atoms in total. The number of anilines is 1. The Labute approximate surface area is 147 Å². The zero-order valence-electron chi connectivity index (χ0n) is 14.1. The fourth-order valence-corrected chi connectivity index (χ4v) is 2.60. The molecule has 1 N–H and O–H groups in total. The van der Waals surface area contributed by atoms with Crippen LogP contribution in [-0.4, -0.2) is 14.8 Å². The predicted octanol–water partition coefficient (Wildman–Crippen LogP) is 4.56. The van der Waals surface area contributed by atoms with E-state index in [0.29, 0.717) is 22.6 Å². The van der Waals surface area contributed by atoms with Crippen molar-refractivity contribution in [3.63, 3.8) is 0 Å². The van der Waals surface area contributed by atoms with Gasteiger partial charge in [0.25, 0.3) is 0 Å². The summed E-state index contributed by atoms with van der Waals surface area (Å²) in [7, 11) is 1.44. The predicted molar refractivity (Wildman–Crippen MR) is 89.9 cm³/mol. The highest BCUT2D eigenvalue weighted by Gasteiger charge is 2.34. The van der Waals surface area contributed by atoms with Gasteiger partial charge in [0.1, 0.15) is 11.6 Å². The number of hydrogen-bond acceptors (Lipinski definition) is 3. The second-order valence-corrected chi connectivity index (χ2v) is 5.86. The van der Waals surface area contributed by atoms with E-state index in [-0.39, 0.29) is 12.4 Å². The fourth-order valence-electron chi connectivity index (χ4n) is 2.60. The van der Waals surface area contributed by atoms with Crippen LogP contribution in [0.3, 0.4) is 0 Å². The largest absolute Gasteiger partial charge is 0.435 e. The van der Waals surface area contributed by atoms with Gasteiger partial charge in [-0.05, 0) is 36.8 Å². The number of benzene rings is 1. The summed E-state index contributed by atoms with van der Waals surface area (Å²) in [5.41, 5.74) is 1.22. The zero-order valence-corrected chi connectivity index (χ0v) is 14.1. The maximum absolute atomic E-state index is 13.8. The van der Waals surface area contributed by atoms with Crippen LogP contribution in [-0.2, 0) is 19.8 Å². The molecule has 0 unspecified atom stereocenters. The van der Waals surface area contributed by atoms with Crippen LogP contribution in [0.1, 0.15) is 16.8 Å². The normalized spacial score (nSPS) is 11.6. The third kappa shape index (κ3) is 3.68. The first-order chi connectivity index (χ1) is 12.3. The minimum atomic E-state index is -4.50. The first-order valence-corrected chi connectivity index (χ1v) is 7.81. The molecule has 0 aliphatic carbocycles. The summed E-state index contributed by atoms with van der Waals surface area (Å²) in [6, 6.07) is 9.10. The lowest BCUT2D eigenvalue weighted by molar-refractivity contribution is -0.141. The smallest absolute Gasteiger partial charge is 0.366 e. The molecule has 0 fully saturated rings. The zero-order chi connectivity index (χ0) is 18.9. The number of alkyl halides is 3. The molecule has 0 saturated carbocycles. The summed E-state index contributed by atoms with van der Waals surface area (Å²) in [4.78, 5) is 4.19. The Balaban J connectivity index is 1.76. The molecule has 0 amide bonds. The molecule has 2 aromatic heterocycles. The topological polar surface area (TPSA) is 42.7 Å². The van der Waals surface area contributed by atoms with E-state index in [1.807, 2.05) is 13.0 Å². The number of aromatic nitrogens is 3. The summed E-state index contributed by atoms with van der Waals surface area (Å²) >= 11 is 0. The molecular formula is C18H16F4N4. The second-order valence-electron chi connectivity index (χ2n) is 5.86. The molecule has 8 heteroatoms. The Morgan fingerprint density at radius 3 is 2.50 bits per heavy atom. The number of nitrogens with one attached hydrogen (secondary N) is 1. The van der Waals surface area contributed by atoms with Gasteiger partial charge in [-0.25, -0.2) is 9.37 Å². The molecule has 2 heterocycles. The number of hydrogen-bond donors (Lipinski definition) is 1. The van der Waals surface area contributed by atoms with Crippen molar-refractivity contribution in [2.75, 3.05) is 5.32 Å². The molecule has 0 atom stereocenters. The maximum atomic E-state index is 13.8. The average molecular weight is 364 g/mol. The van der Waals surface area contributed by atoms with Gasteiger partial charge in [0.05, 0.1) is 5.69 Å². The van der Waals surface area contributed by atoms with Crippen LogP contribution in [0.5, 0.6) is 0 Å². The van der Waals surface area contributed by atoms with Gasteiger partial charge in [0.2, 0.25) is 0 Å². The van der Waals surface area contributed by atoms with Crippen LogP contribution in [0.25, 0.3) is 11.3 Å². The molecular weight excluding hydrogens is 348 g/mol. The highest BCUT2D eigenvalue weighted by molar-refractivity contribution is 5.60. The second kappa shape index (κ2) is 6.78. The van der Waals surface area contributed by atoms with E-state index < -0.39 is 11.9 Å². The number of nitrogens with zero attached hydrogens (tertiary/aromatic N) is 3. The number of halogens is 4. The summed E-state index contributed by atoms with van der Waals surface area (Å²) in [5, 5.41) is 6.49. The molecule has 136 valence electrons. The van der Waals surface area contributed by atoms with Crippen molar-refractivity contribution in [3.05, 3.63) is 65.2 Å². The van der Waals surface area contributed by atoms with E-state index in [2.05, 4.69) is 15.4 Å². The van der Waals surface area contributed by atoms with Crippen LogP contribution >= 0.6 is 0 Å². The van der Waals surface area contributed by atoms with E-state index in [4.69, 9.17) is 0 Å². The highest BCUT2D eigenvalue weighted by Crippen LogP contribution is 2.31. The Bertz CT molecular complexity index is 894. The average Bonchev–Trinajstić information content (AvgIpc) is 2.97. The third-order valence-corrected chi connectivity index (χ3v) is 4.03. The van der Waals surface area contributed by atoms with E-state index >= 15 is 0 Å². The molecule has 0 aliphatic heterocycles. The van der Waals surface area contributed by atoms with Crippen LogP contribution < -0.4 is 5.32 Å². The summed E-state index contributed by atoms with van der Waals surface area (Å²) < 4.78 is 53.2. The standard InChI is InChI=1S/C18H16F4N4/c1-11-4-3-5-14(19)13(11)10-24-17-7-6-12(9-23-17)15-8-16(18(20,21)22)25-26(15)2/h3-9H,10H2,1-2H3,(H,23,24). The SMILES string of the molecule is Cc1cccc(F)c1CNc1ccc(-c2cc(C(F)(F)F)nn2C)cn1. The summed E-state index contributed by atoms with van der Waals surface area (Å²) in [5.74, 6) is 0.193. The molecule has 0 radical (unpaired) electrons. The summed E-state index contributed by atoms with van der Waals surface area (Å²) in [6.45, 7) is 2.08. The Morgan fingerprint density at radius 1 is 1.15 bits per heavy atom. The quantitative estimate of drug-likeness (QED) is 0.690. The van der Waals surface area contributed by atoms with E-state index in [9.17, 15) is 17.6 Å². The van der Waals surface area contributed by atoms with Crippen molar-refractivity contribution in [2.24, 2.45) is 7.05 Å². The molecule has 0 spiro atoms. The van der Waals surface area contributed by atoms with Gasteiger partial charge in [-0.15, -0.1) is 0 Å². The van der Waals surface area contributed by atoms with Gasteiger partial charge in [-0.1, -0.05) is 12.1 Å². The fraction of sp³-hybridized carbons (Fsp3) is 0.222. The lowest BCUT2D eigenvalue weighted by Crippen LogP contribution is -2.06. The van der Waals surface area contributed by atoms with Gasteiger partial charge in [-0.2, -0.15) is 18.3 Å². The molecule has 26 heavy (non-hydrogen) atoms. The lowest BCUT2D eigenvalue weighted by Gasteiger charge is -2.10. The van der Waals surface area contributed by atoms with E-state index in [1.165, 1.54) is 19.3 Å². The Morgan fingerprint density at radius 2 is 1.92 bits per heavy atom. The van der Waals surface area contributed by atoms with Crippen molar-refractivity contribution in [1.29, 1.82) is 0 Å². The maximum Gasteiger partial charge on any atom is 0.435 e. The van der Waals surface area contributed by atoms with Crippen LogP contribution in [0.4, 0.5) is 23.4 Å². The molecule has 0 aliphatic rings. The van der Waals surface area contributed by atoms with Crippen molar-refractivity contribution in [1.82, 2.24) is 14.8 Å². The van der Waals surface area contributed by atoms with E-state index in [1.54, 1.807) is 18.2 Å². The highest BCUT2D eigenvalue weighted by atomic mass is 19.4. The van der Waals surface area contributed by atoms with Crippen molar-refractivity contribution in [3.8, 4) is 11.3 Å². The Hall–Kier alpha value is -2.90. The first kappa shape index (κ1) is 17.9. The number of aryl methyl sites for hydroxylation is 2. The van der Waals surface area contributed by atoms with Crippen molar-refractivity contribution in [2.45, 2.75) is 19.6 Å². The molecule has 3 aromatic rings. The minimum Gasteiger partial charge on any atom is -0.366 e.